The SMILES string of the molecule is CNC(=O)c1nccc(C(C)C)c1OC1CC1. The number of carbonyl (C=O) groups excluding carboxylic acids is 1. The zero-order valence-corrected chi connectivity index (χ0v) is 10.5. The number of aromatic nitrogens is 1. The smallest absolute Gasteiger partial charge is 0.273 e. The molecule has 1 aliphatic carbocycles. The van der Waals surface area contributed by atoms with Crippen LogP contribution in [0.4, 0.5) is 0 Å². The summed E-state index contributed by atoms with van der Waals surface area (Å²) in [7, 11) is 1.60. The summed E-state index contributed by atoms with van der Waals surface area (Å²) in [4.78, 5) is 15.9. The molecule has 1 heterocycles. The minimum atomic E-state index is -0.192. The molecule has 0 bridgehead atoms. The van der Waals surface area contributed by atoms with Gasteiger partial charge in [-0.3, -0.25) is 4.79 Å². The van der Waals surface area contributed by atoms with Gasteiger partial charge in [0.05, 0.1) is 6.10 Å². The summed E-state index contributed by atoms with van der Waals surface area (Å²) >= 11 is 0. The Balaban J connectivity index is 2.41. The average molecular weight is 234 g/mol. The topological polar surface area (TPSA) is 51.2 Å². The molecule has 0 unspecified atom stereocenters. The van der Waals surface area contributed by atoms with E-state index in [0.29, 0.717) is 17.4 Å². The van der Waals surface area contributed by atoms with Crippen molar-refractivity contribution in [3.8, 4) is 5.75 Å². The van der Waals surface area contributed by atoms with Crippen LogP contribution in [0.1, 0.15) is 48.7 Å². The Morgan fingerprint density at radius 1 is 1.53 bits per heavy atom. The summed E-state index contributed by atoms with van der Waals surface area (Å²) in [5.41, 5.74) is 1.44. The van der Waals surface area contributed by atoms with Gasteiger partial charge in [-0.1, -0.05) is 13.8 Å². The Morgan fingerprint density at radius 3 is 2.76 bits per heavy atom. The van der Waals surface area contributed by atoms with Crippen molar-refractivity contribution in [2.24, 2.45) is 0 Å². The molecule has 0 aromatic carbocycles. The van der Waals surface area contributed by atoms with Crippen LogP contribution in [0.2, 0.25) is 0 Å². The van der Waals surface area contributed by atoms with Crippen LogP contribution in [0.3, 0.4) is 0 Å². The summed E-state index contributed by atoms with van der Waals surface area (Å²) in [5.74, 6) is 0.780. The lowest BCUT2D eigenvalue weighted by molar-refractivity contribution is 0.0953. The number of hydrogen-bond acceptors (Lipinski definition) is 3. The number of rotatable bonds is 4. The normalized spacial score (nSPS) is 14.8. The molecule has 1 aromatic rings. The van der Waals surface area contributed by atoms with Gasteiger partial charge in [0.25, 0.3) is 5.91 Å². The van der Waals surface area contributed by atoms with Gasteiger partial charge < -0.3 is 10.1 Å². The third-order valence-corrected chi connectivity index (χ3v) is 2.81. The Morgan fingerprint density at radius 2 is 2.24 bits per heavy atom. The van der Waals surface area contributed by atoms with Crippen LogP contribution in [0.15, 0.2) is 12.3 Å². The number of nitrogens with zero attached hydrogens (tertiary/aromatic N) is 1. The quantitative estimate of drug-likeness (QED) is 0.868. The third-order valence-electron chi connectivity index (χ3n) is 2.81. The van der Waals surface area contributed by atoms with Gasteiger partial charge in [0.1, 0.15) is 0 Å². The standard InChI is InChI=1S/C13H18N2O2/c1-8(2)10-6-7-15-11(13(16)14-3)12(10)17-9-4-5-9/h6-9H,4-5H2,1-3H3,(H,14,16). The van der Waals surface area contributed by atoms with E-state index in [2.05, 4.69) is 24.1 Å². The molecule has 92 valence electrons. The van der Waals surface area contributed by atoms with E-state index in [4.69, 9.17) is 4.74 Å². The van der Waals surface area contributed by atoms with E-state index in [1.165, 1.54) is 0 Å². The van der Waals surface area contributed by atoms with Crippen LogP contribution in [-0.4, -0.2) is 24.0 Å². The molecule has 0 saturated heterocycles. The van der Waals surface area contributed by atoms with E-state index < -0.39 is 0 Å². The summed E-state index contributed by atoms with van der Waals surface area (Å²) in [6.45, 7) is 4.17. The number of nitrogens with one attached hydrogen (secondary N) is 1. The molecular weight excluding hydrogens is 216 g/mol. The highest BCUT2D eigenvalue weighted by Crippen LogP contribution is 2.34. The van der Waals surface area contributed by atoms with Crippen LogP contribution in [0.5, 0.6) is 5.75 Å². The highest BCUT2D eigenvalue weighted by molar-refractivity contribution is 5.95. The van der Waals surface area contributed by atoms with Crippen LogP contribution in [-0.2, 0) is 0 Å². The van der Waals surface area contributed by atoms with E-state index in [1.807, 2.05) is 6.07 Å². The molecule has 1 aromatic heterocycles. The third kappa shape index (κ3) is 2.57. The van der Waals surface area contributed by atoms with Crippen molar-refractivity contribution in [2.45, 2.75) is 38.7 Å². The molecule has 1 N–H and O–H groups in total. The number of pyridine rings is 1. The van der Waals surface area contributed by atoms with Gasteiger partial charge in [-0.15, -0.1) is 0 Å². The Kier molecular flexibility index (Phi) is 3.31. The summed E-state index contributed by atoms with van der Waals surface area (Å²) in [6.07, 6.45) is 4.07. The highest BCUT2D eigenvalue weighted by atomic mass is 16.5. The molecule has 0 spiro atoms. The lowest BCUT2D eigenvalue weighted by atomic mass is 10.0. The zero-order chi connectivity index (χ0) is 12.4. The average Bonchev–Trinajstić information content (AvgIpc) is 3.12. The maximum Gasteiger partial charge on any atom is 0.273 e. The minimum Gasteiger partial charge on any atom is -0.488 e. The summed E-state index contributed by atoms with van der Waals surface area (Å²) in [5, 5.41) is 2.60. The predicted octanol–water partition coefficient (Wildman–Crippen LogP) is 2.11. The van der Waals surface area contributed by atoms with Crippen molar-refractivity contribution in [1.29, 1.82) is 0 Å². The molecule has 1 saturated carbocycles. The van der Waals surface area contributed by atoms with Crippen molar-refractivity contribution in [3.63, 3.8) is 0 Å². The number of carbonyl (C=O) groups is 1. The Hall–Kier alpha value is -1.58. The maximum absolute atomic E-state index is 11.8. The summed E-state index contributed by atoms with van der Waals surface area (Å²) in [6, 6.07) is 1.93. The molecule has 1 aliphatic rings. The number of amides is 1. The predicted molar refractivity (Wildman–Crippen MR) is 65.4 cm³/mol. The minimum absolute atomic E-state index is 0.192. The van der Waals surface area contributed by atoms with Crippen LogP contribution in [0.25, 0.3) is 0 Å². The fraction of sp³-hybridized carbons (Fsp3) is 0.538. The van der Waals surface area contributed by atoms with Crippen LogP contribution >= 0.6 is 0 Å². The first-order valence-electron chi connectivity index (χ1n) is 6.01. The maximum atomic E-state index is 11.8. The second-order valence-corrected chi connectivity index (χ2v) is 4.63. The van der Waals surface area contributed by atoms with Crippen molar-refractivity contribution >= 4 is 5.91 Å². The number of hydrogen-bond donors (Lipinski definition) is 1. The molecule has 1 fully saturated rings. The molecule has 1 amide bonds. The van der Waals surface area contributed by atoms with E-state index in [0.717, 1.165) is 18.4 Å². The largest absolute Gasteiger partial charge is 0.488 e. The fourth-order valence-electron chi connectivity index (χ4n) is 1.67. The van der Waals surface area contributed by atoms with Crippen LogP contribution in [0, 0.1) is 0 Å². The Labute approximate surface area is 101 Å². The molecule has 4 heteroatoms. The number of ether oxygens (including phenoxy) is 1. The van der Waals surface area contributed by atoms with Gasteiger partial charge in [0.15, 0.2) is 11.4 Å². The monoisotopic (exact) mass is 234 g/mol. The van der Waals surface area contributed by atoms with Crippen LogP contribution < -0.4 is 10.1 Å². The lowest BCUT2D eigenvalue weighted by Crippen LogP contribution is -2.21. The van der Waals surface area contributed by atoms with Gasteiger partial charge in [-0.05, 0) is 24.8 Å². The van der Waals surface area contributed by atoms with E-state index in [1.54, 1.807) is 13.2 Å². The van der Waals surface area contributed by atoms with Crippen molar-refractivity contribution in [3.05, 3.63) is 23.5 Å². The first kappa shape index (κ1) is 11.9. The van der Waals surface area contributed by atoms with E-state index in [9.17, 15) is 4.79 Å². The Bertz CT molecular complexity index is 425. The van der Waals surface area contributed by atoms with Gasteiger partial charge in [0, 0.05) is 18.8 Å². The van der Waals surface area contributed by atoms with Gasteiger partial charge in [-0.2, -0.15) is 0 Å². The molecule has 17 heavy (non-hydrogen) atoms. The molecule has 4 nitrogen and oxygen atoms in total. The molecule has 0 atom stereocenters. The molecular formula is C13H18N2O2. The van der Waals surface area contributed by atoms with Gasteiger partial charge in [0.2, 0.25) is 0 Å². The first-order chi connectivity index (χ1) is 8.13. The van der Waals surface area contributed by atoms with Crippen molar-refractivity contribution < 1.29 is 9.53 Å². The molecule has 0 aliphatic heterocycles. The van der Waals surface area contributed by atoms with E-state index >= 15 is 0 Å². The van der Waals surface area contributed by atoms with Gasteiger partial charge >= 0.3 is 0 Å². The highest BCUT2D eigenvalue weighted by Gasteiger charge is 2.28. The van der Waals surface area contributed by atoms with Crippen molar-refractivity contribution in [2.75, 3.05) is 7.05 Å². The second-order valence-electron chi connectivity index (χ2n) is 4.63. The molecule has 0 radical (unpaired) electrons. The van der Waals surface area contributed by atoms with Gasteiger partial charge in [-0.25, -0.2) is 4.98 Å². The van der Waals surface area contributed by atoms with Crippen molar-refractivity contribution in [1.82, 2.24) is 10.3 Å². The summed E-state index contributed by atoms with van der Waals surface area (Å²) < 4.78 is 5.85. The fourth-order valence-corrected chi connectivity index (χ4v) is 1.67. The zero-order valence-electron chi connectivity index (χ0n) is 10.5. The van der Waals surface area contributed by atoms with E-state index in [-0.39, 0.29) is 12.0 Å². The molecule has 2 rings (SSSR count). The lowest BCUT2D eigenvalue weighted by Gasteiger charge is -2.16. The second kappa shape index (κ2) is 4.73. The first-order valence-corrected chi connectivity index (χ1v) is 6.01.